The molecular weight excluding hydrogens is 164 g/mol. The van der Waals surface area contributed by atoms with E-state index in [4.69, 9.17) is 5.26 Å². The van der Waals surface area contributed by atoms with Crippen LogP contribution in [0.1, 0.15) is 19.8 Å². The van der Waals surface area contributed by atoms with Crippen LogP contribution in [-0.4, -0.2) is 23.9 Å². The van der Waals surface area contributed by atoms with Crippen molar-refractivity contribution in [1.82, 2.24) is 4.90 Å². The van der Waals surface area contributed by atoms with Crippen molar-refractivity contribution in [3.8, 4) is 6.07 Å². The number of amides is 1. The maximum atomic E-state index is 11.8. The molecule has 1 fully saturated rings. The molecule has 0 aromatic heterocycles. The number of nitriles is 1. The number of nitrogens with zero attached hydrogens (tertiary/aromatic N) is 2. The molecule has 1 amide bonds. The molecule has 1 heterocycles. The zero-order chi connectivity index (χ0) is 9.47. The summed E-state index contributed by atoms with van der Waals surface area (Å²) in [5, 5.41) is 8.84. The molecule has 0 N–H and O–H groups in total. The van der Waals surface area contributed by atoms with Crippen molar-refractivity contribution in [3.63, 3.8) is 0 Å². The van der Waals surface area contributed by atoms with Gasteiger partial charge < -0.3 is 4.90 Å². The van der Waals surface area contributed by atoms with Gasteiger partial charge in [-0.25, -0.2) is 0 Å². The lowest BCUT2D eigenvalue weighted by atomic mass is 10.1. The van der Waals surface area contributed by atoms with Crippen molar-refractivity contribution in [1.29, 1.82) is 5.26 Å². The average Bonchev–Trinajstić information content (AvgIpc) is 2.82. The van der Waals surface area contributed by atoms with Gasteiger partial charge in [0.1, 0.15) is 5.41 Å². The van der Waals surface area contributed by atoms with Crippen LogP contribution in [0.4, 0.5) is 0 Å². The predicted molar refractivity (Wildman–Crippen MR) is 47.6 cm³/mol. The molecule has 3 heteroatoms. The Balaban J connectivity index is 2.05. The fourth-order valence-corrected chi connectivity index (χ4v) is 1.65. The van der Waals surface area contributed by atoms with Crippen molar-refractivity contribution in [2.24, 2.45) is 5.41 Å². The maximum Gasteiger partial charge on any atom is 0.243 e. The highest BCUT2D eigenvalue weighted by molar-refractivity contribution is 5.88. The van der Waals surface area contributed by atoms with Crippen molar-refractivity contribution < 1.29 is 4.79 Å². The van der Waals surface area contributed by atoms with Crippen LogP contribution in [0.2, 0.25) is 0 Å². The minimum atomic E-state index is -0.640. The van der Waals surface area contributed by atoms with Crippen molar-refractivity contribution in [3.05, 3.63) is 11.6 Å². The van der Waals surface area contributed by atoms with E-state index in [1.54, 1.807) is 4.90 Å². The normalized spacial score (nSPS) is 23.7. The number of rotatable bonds is 1. The Hall–Kier alpha value is -1.30. The Bertz CT molecular complexity index is 320. The van der Waals surface area contributed by atoms with E-state index in [1.165, 1.54) is 5.57 Å². The number of carbonyl (C=O) groups excluding carboxylic acids is 1. The highest BCUT2D eigenvalue weighted by atomic mass is 16.2. The summed E-state index contributed by atoms with van der Waals surface area (Å²) < 4.78 is 0. The van der Waals surface area contributed by atoms with Crippen LogP contribution in [-0.2, 0) is 4.79 Å². The lowest BCUT2D eigenvalue weighted by Gasteiger charge is -2.18. The summed E-state index contributed by atoms with van der Waals surface area (Å²) in [6.07, 6.45) is 3.54. The first-order valence-electron chi connectivity index (χ1n) is 4.54. The second-order valence-corrected chi connectivity index (χ2v) is 3.93. The van der Waals surface area contributed by atoms with E-state index in [9.17, 15) is 4.79 Å². The Morgan fingerprint density at radius 3 is 2.77 bits per heavy atom. The zero-order valence-corrected chi connectivity index (χ0v) is 7.71. The first-order chi connectivity index (χ1) is 6.18. The van der Waals surface area contributed by atoms with Crippen LogP contribution < -0.4 is 0 Å². The fourth-order valence-electron chi connectivity index (χ4n) is 1.65. The minimum Gasteiger partial charge on any atom is -0.334 e. The van der Waals surface area contributed by atoms with Gasteiger partial charge in [-0.3, -0.25) is 4.79 Å². The summed E-state index contributed by atoms with van der Waals surface area (Å²) in [6, 6.07) is 2.13. The van der Waals surface area contributed by atoms with Gasteiger partial charge in [-0.1, -0.05) is 11.6 Å². The summed E-state index contributed by atoms with van der Waals surface area (Å²) in [5.41, 5.74) is 0.584. The molecule has 1 aliphatic heterocycles. The van der Waals surface area contributed by atoms with Crippen LogP contribution in [0.15, 0.2) is 11.6 Å². The summed E-state index contributed by atoms with van der Waals surface area (Å²) in [7, 11) is 0. The molecule has 1 saturated carbocycles. The van der Waals surface area contributed by atoms with Gasteiger partial charge in [0.25, 0.3) is 0 Å². The SMILES string of the molecule is CC1=CCN(C(=O)C2(C#N)CC2)C1. The molecule has 0 unspecified atom stereocenters. The molecule has 0 spiro atoms. The third-order valence-corrected chi connectivity index (χ3v) is 2.76. The lowest BCUT2D eigenvalue weighted by molar-refractivity contribution is -0.133. The molecule has 2 aliphatic rings. The molecular formula is C10H12N2O. The molecule has 68 valence electrons. The van der Waals surface area contributed by atoms with Gasteiger partial charge in [0.05, 0.1) is 6.07 Å². The summed E-state index contributed by atoms with van der Waals surface area (Å²) >= 11 is 0. The minimum absolute atomic E-state index is 0.0306. The highest BCUT2D eigenvalue weighted by Gasteiger charge is 2.52. The van der Waals surface area contributed by atoms with Gasteiger partial charge >= 0.3 is 0 Å². The Labute approximate surface area is 77.6 Å². The first-order valence-corrected chi connectivity index (χ1v) is 4.54. The Morgan fingerprint density at radius 2 is 2.38 bits per heavy atom. The summed E-state index contributed by atoms with van der Waals surface area (Å²) in [4.78, 5) is 13.5. The molecule has 0 saturated heterocycles. The molecule has 13 heavy (non-hydrogen) atoms. The van der Waals surface area contributed by atoms with Gasteiger partial charge in [0.2, 0.25) is 5.91 Å². The third-order valence-electron chi connectivity index (χ3n) is 2.76. The van der Waals surface area contributed by atoms with Crippen molar-refractivity contribution >= 4 is 5.91 Å². The molecule has 3 nitrogen and oxygen atoms in total. The molecule has 0 aromatic carbocycles. The maximum absolute atomic E-state index is 11.8. The lowest BCUT2D eigenvalue weighted by Crippen LogP contribution is -2.35. The summed E-state index contributed by atoms with van der Waals surface area (Å²) in [6.45, 7) is 3.41. The second kappa shape index (κ2) is 2.59. The first kappa shape index (κ1) is 8.31. The predicted octanol–water partition coefficient (Wildman–Crippen LogP) is 1.08. The number of hydrogen-bond acceptors (Lipinski definition) is 2. The summed E-state index contributed by atoms with van der Waals surface area (Å²) in [5.74, 6) is 0.0306. The van der Waals surface area contributed by atoms with Crippen LogP contribution in [0.5, 0.6) is 0 Å². The van der Waals surface area contributed by atoms with E-state index in [0.717, 1.165) is 12.8 Å². The fraction of sp³-hybridized carbons (Fsp3) is 0.600. The third kappa shape index (κ3) is 1.23. The van der Waals surface area contributed by atoms with Crippen molar-refractivity contribution in [2.75, 3.05) is 13.1 Å². The largest absolute Gasteiger partial charge is 0.334 e. The van der Waals surface area contributed by atoms with Gasteiger partial charge in [-0.15, -0.1) is 0 Å². The molecule has 0 bridgehead atoms. The molecule has 2 rings (SSSR count). The highest BCUT2D eigenvalue weighted by Crippen LogP contribution is 2.46. The standard InChI is InChI=1S/C10H12N2O/c1-8-2-5-12(6-8)9(13)10(7-11)3-4-10/h2H,3-6H2,1H3. The average molecular weight is 176 g/mol. The monoisotopic (exact) mass is 176 g/mol. The zero-order valence-electron chi connectivity index (χ0n) is 7.71. The van der Waals surface area contributed by atoms with Crippen LogP contribution >= 0.6 is 0 Å². The van der Waals surface area contributed by atoms with E-state index >= 15 is 0 Å². The Morgan fingerprint density at radius 1 is 1.69 bits per heavy atom. The number of hydrogen-bond donors (Lipinski definition) is 0. The molecule has 0 aromatic rings. The molecule has 0 radical (unpaired) electrons. The Kier molecular flexibility index (Phi) is 1.66. The van der Waals surface area contributed by atoms with Gasteiger partial charge in [-0.05, 0) is 19.8 Å². The van der Waals surface area contributed by atoms with E-state index in [-0.39, 0.29) is 5.91 Å². The van der Waals surface area contributed by atoms with Crippen molar-refractivity contribution in [2.45, 2.75) is 19.8 Å². The van der Waals surface area contributed by atoms with E-state index in [2.05, 4.69) is 6.07 Å². The van der Waals surface area contributed by atoms with Gasteiger partial charge in [0, 0.05) is 13.1 Å². The molecule has 1 aliphatic carbocycles. The van der Waals surface area contributed by atoms with E-state index in [1.807, 2.05) is 13.0 Å². The van der Waals surface area contributed by atoms with Crippen LogP contribution in [0.3, 0.4) is 0 Å². The van der Waals surface area contributed by atoms with Crippen LogP contribution in [0.25, 0.3) is 0 Å². The van der Waals surface area contributed by atoms with Gasteiger partial charge in [-0.2, -0.15) is 5.26 Å². The van der Waals surface area contributed by atoms with E-state index < -0.39 is 5.41 Å². The quantitative estimate of drug-likeness (QED) is 0.561. The smallest absolute Gasteiger partial charge is 0.243 e. The van der Waals surface area contributed by atoms with Crippen LogP contribution in [0, 0.1) is 16.7 Å². The second-order valence-electron chi connectivity index (χ2n) is 3.93. The number of carbonyl (C=O) groups is 1. The van der Waals surface area contributed by atoms with Gasteiger partial charge in [0.15, 0.2) is 0 Å². The molecule has 0 atom stereocenters. The topological polar surface area (TPSA) is 44.1 Å². The van der Waals surface area contributed by atoms with E-state index in [0.29, 0.717) is 13.1 Å².